The molecule has 5 heteroatoms. The molecule has 0 aromatic carbocycles. The largest absolute Gasteiger partial charge is 0.379 e. The molecule has 0 bridgehead atoms. The highest BCUT2D eigenvalue weighted by Crippen LogP contribution is 2.38. The highest BCUT2D eigenvalue weighted by atomic mass is 16.5. The average molecular weight is 269 g/mol. The van der Waals surface area contributed by atoms with Crippen LogP contribution in [0.4, 0.5) is 0 Å². The second-order valence-corrected chi connectivity index (χ2v) is 6.67. The second kappa shape index (κ2) is 5.04. The molecule has 0 aromatic heterocycles. The van der Waals surface area contributed by atoms with Gasteiger partial charge in [-0.2, -0.15) is 0 Å². The number of amides is 1. The van der Waals surface area contributed by atoms with Crippen molar-refractivity contribution in [1.82, 2.24) is 9.80 Å². The van der Waals surface area contributed by atoms with Gasteiger partial charge in [-0.3, -0.25) is 4.79 Å². The number of hydrogen-bond acceptors (Lipinski definition) is 4. The Bertz CT molecular complexity index is 355. The summed E-state index contributed by atoms with van der Waals surface area (Å²) in [6.07, 6.45) is 3.58. The highest BCUT2D eigenvalue weighted by Gasteiger charge is 2.48. The molecular weight excluding hydrogens is 242 g/mol. The predicted octanol–water partition coefficient (Wildman–Crippen LogP) is 0.293. The normalized spacial score (nSPS) is 33.3. The van der Waals surface area contributed by atoms with Crippen LogP contribution in [0, 0.1) is 5.41 Å². The third-order valence-electron chi connectivity index (χ3n) is 5.12. The van der Waals surface area contributed by atoms with Gasteiger partial charge in [-0.15, -0.1) is 0 Å². The van der Waals surface area contributed by atoms with Crippen LogP contribution in [0.3, 0.4) is 0 Å². The molecule has 1 heterocycles. The molecule has 1 aliphatic heterocycles. The highest BCUT2D eigenvalue weighted by molar-refractivity contribution is 5.83. The van der Waals surface area contributed by atoms with Crippen LogP contribution in [0.1, 0.15) is 26.2 Å². The zero-order valence-corrected chi connectivity index (χ0v) is 12.6. The van der Waals surface area contributed by atoms with Crippen molar-refractivity contribution in [2.24, 2.45) is 11.1 Å². The van der Waals surface area contributed by atoms with Gasteiger partial charge in [0.1, 0.15) is 0 Å². The van der Waals surface area contributed by atoms with E-state index >= 15 is 0 Å². The van der Waals surface area contributed by atoms with E-state index < -0.39 is 5.41 Å². The minimum atomic E-state index is -0.563. The van der Waals surface area contributed by atoms with Crippen LogP contribution < -0.4 is 5.73 Å². The molecule has 0 spiro atoms. The molecule has 19 heavy (non-hydrogen) atoms. The first-order valence-corrected chi connectivity index (χ1v) is 7.08. The number of ether oxygens (including phenoxy) is 1. The lowest BCUT2D eigenvalue weighted by Gasteiger charge is -2.50. The summed E-state index contributed by atoms with van der Waals surface area (Å²) in [5, 5.41) is 0. The number of hydrogen-bond donors (Lipinski definition) is 1. The molecule has 2 aliphatic rings. The van der Waals surface area contributed by atoms with Crippen molar-refractivity contribution >= 4 is 5.91 Å². The van der Waals surface area contributed by atoms with E-state index in [2.05, 4.69) is 19.0 Å². The van der Waals surface area contributed by atoms with Gasteiger partial charge in [-0.1, -0.05) is 0 Å². The second-order valence-electron chi connectivity index (χ2n) is 6.67. The summed E-state index contributed by atoms with van der Waals surface area (Å²) in [5.74, 6) is 0.116. The Hall–Kier alpha value is -0.650. The summed E-state index contributed by atoms with van der Waals surface area (Å²) in [4.78, 5) is 16.8. The maximum Gasteiger partial charge on any atom is 0.232 e. The zero-order valence-electron chi connectivity index (χ0n) is 12.6. The summed E-state index contributed by atoms with van der Waals surface area (Å²) in [6, 6.07) is -0.195. The summed E-state index contributed by atoms with van der Waals surface area (Å²) < 4.78 is 5.38. The van der Waals surface area contributed by atoms with Gasteiger partial charge >= 0.3 is 0 Å². The fourth-order valence-electron chi connectivity index (χ4n) is 3.19. The molecule has 2 rings (SSSR count). The van der Waals surface area contributed by atoms with Crippen LogP contribution in [-0.4, -0.2) is 68.2 Å². The van der Waals surface area contributed by atoms with Gasteiger partial charge in [-0.25, -0.2) is 0 Å². The maximum atomic E-state index is 12.7. The van der Waals surface area contributed by atoms with E-state index in [0.29, 0.717) is 13.2 Å². The summed E-state index contributed by atoms with van der Waals surface area (Å²) in [7, 11) is 6.09. The van der Waals surface area contributed by atoms with Crippen LogP contribution in [0.2, 0.25) is 0 Å². The number of carbonyl (C=O) groups is 1. The van der Waals surface area contributed by atoms with E-state index in [0.717, 1.165) is 19.4 Å². The smallest absolute Gasteiger partial charge is 0.232 e. The third-order valence-corrected chi connectivity index (χ3v) is 5.12. The first kappa shape index (κ1) is 14.8. The standard InChI is InChI=1S/C14H27N3O2/c1-13(10-19-8-11(13)15)12(18)17(4)9-14(16(2)3)6-5-7-14/h11H,5-10,15H2,1-4H3. The molecule has 1 saturated heterocycles. The van der Waals surface area contributed by atoms with E-state index in [1.54, 1.807) is 0 Å². The molecule has 1 saturated carbocycles. The Morgan fingerprint density at radius 2 is 2.00 bits per heavy atom. The molecule has 110 valence electrons. The van der Waals surface area contributed by atoms with E-state index in [-0.39, 0.29) is 17.5 Å². The summed E-state index contributed by atoms with van der Waals surface area (Å²) in [5.41, 5.74) is 5.63. The maximum absolute atomic E-state index is 12.7. The molecule has 1 aliphatic carbocycles. The van der Waals surface area contributed by atoms with Gasteiger partial charge in [0.15, 0.2) is 0 Å². The Labute approximate surface area is 116 Å². The van der Waals surface area contributed by atoms with Crippen LogP contribution in [0.15, 0.2) is 0 Å². The van der Waals surface area contributed by atoms with Crippen molar-refractivity contribution in [3.05, 3.63) is 0 Å². The van der Waals surface area contributed by atoms with Gasteiger partial charge in [0.2, 0.25) is 5.91 Å². The molecule has 2 N–H and O–H groups in total. The molecule has 2 atom stereocenters. The average Bonchev–Trinajstić information content (AvgIpc) is 2.63. The first-order valence-electron chi connectivity index (χ1n) is 7.08. The van der Waals surface area contributed by atoms with Crippen molar-refractivity contribution in [3.8, 4) is 0 Å². The quantitative estimate of drug-likeness (QED) is 0.797. The Morgan fingerprint density at radius 1 is 1.37 bits per heavy atom. The fraction of sp³-hybridized carbons (Fsp3) is 0.929. The number of rotatable bonds is 4. The van der Waals surface area contributed by atoms with Crippen LogP contribution in [-0.2, 0) is 9.53 Å². The SMILES string of the molecule is CN(CC1(N(C)C)CCC1)C(=O)C1(C)COCC1N. The molecule has 1 amide bonds. The van der Waals surface area contributed by atoms with E-state index in [4.69, 9.17) is 10.5 Å². The molecule has 2 fully saturated rings. The number of nitrogens with two attached hydrogens (primary N) is 1. The lowest BCUT2D eigenvalue weighted by atomic mass is 9.74. The third kappa shape index (κ3) is 2.39. The molecular formula is C14H27N3O2. The topological polar surface area (TPSA) is 58.8 Å². The van der Waals surface area contributed by atoms with Crippen molar-refractivity contribution < 1.29 is 9.53 Å². The van der Waals surface area contributed by atoms with Crippen LogP contribution >= 0.6 is 0 Å². The van der Waals surface area contributed by atoms with Crippen molar-refractivity contribution in [3.63, 3.8) is 0 Å². The first-order chi connectivity index (χ1) is 8.82. The Balaban J connectivity index is 2.03. The lowest BCUT2D eigenvalue weighted by molar-refractivity contribution is -0.143. The lowest BCUT2D eigenvalue weighted by Crippen LogP contribution is -2.60. The van der Waals surface area contributed by atoms with Gasteiger partial charge < -0.3 is 20.3 Å². The molecule has 0 aromatic rings. The number of carbonyl (C=O) groups excluding carboxylic acids is 1. The number of likely N-dealkylation sites (N-methyl/N-ethyl adjacent to an activating group) is 2. The van der Waals surface area contributed by atoms with Crippen molar-refractivity contribution in [2.45, 2.75) is 37.8 Å². The van der Waals surface area contributed by atoms with Gasteiger partial charge in [0.25, 0.3) is 0 Å². The van der Waals surface area contributed by atoms with Crippen molar-refractivity contribution in [1.29, 1.82) is 0 Å². The van der Waals surface area contributed by atoms with E-state index in [1.807, 2.05) is 18.9 Å². The number of nitrogens with zero attached hydrogens (tertiary/aromatic N) is 2. The van der Waals surface area contributed by atoms with Crippen molar-refractivity contribution in [2.75, 3.05) is 40.9 Å². The Morgan fingerprint density at radius 3 is 2.37 bits per heavy atom. The van der Waals surface area contributed by atoms with Gasteiger partial charge in [0.05, 0.1) is 18.6 Å². The fourth-order valence-corrected chi connectivity index (χ4v) is 3.19. The zero-order chi connectivity index (χ0) is 14.3. The molecule has 0 radical (unpaired) electrons. The molecule has 5 nitrogen and oxygen atoms in total. The predicted molar refractivity (Wildman–Crippen MR) is 74.8 cm³/mol. The van der Waals surface area contributed by atoms with Gasteiger partial charge in [0, 0.05) is 25.2 Å². The Kier molecular flexibility index (Phi) is 3.91. The monoisotopic (exact) mass is 269 g/mol. The minimum absolute atomic E-state index is 0.116. The van der Waals surface area contributed by atoms with Crippen LogP contribution in [0.25, 0.3) is 0 Å². The minimum Gasteiger partial charge on any atom is -0.379 e. The van der Waals surface area contributed by atoms with Crippen LogP contribution in [0.5, 0.6) is 0 Å². The van der Waals surface area contributed by atoms with E-state index in [1.165, 1.54) is 6.42 Å². The summed E-state index contributed by atoms with van der Waals surface area (Å²) >= 11 is 0. The van der Waals surface area contributed by atoms with E-state index in [9.17, 15) is 4.79 Å². The molecule has 2 unspecified atom stereocenters. The van der Waals surface area contributed by atoms with Gasteiger partial charge in [-0.05, 0) is 40.3 Å². The summed E-state index contributed by atoms with van der Waals surface area (Å²) in [6.45, 7) is 3.62.